The van der Waals surface area contributed by atoms with Gasteiger partial charge >= 0.3 is 0 Å². The lowest BCUT2D eigenvalue weighted by Gasteiger charge is -2.12. The maximum absolute atomic E-state index is 12.1. The van der Waals surface area contributed by atoms with Gasteiger partial charge in [-0.25, -0.2) is 5.43 Å². The van der Waals surface area contributed by atoms with E-state index in [9.17, 15) is 9.59 Å². The van der Waals surface area contributed by atoms with E-state index < -0.39 is 11.8 Å². The number of amides is 2. The van der Waals surface area contributed by atoms with Gasteiger partial charge in [0, 0.05) is 16.8 Å². The number of anilines is 1. The zero-order chi connectivity index (χ0) is 25.0. The van der Waals surface area contributed by atoms with Crippen LogP contribution in [-0.4, -0.2) is 31.7 Å². The summed E-state index contributed by atoms with van der Waals surface area (Å²) in [5.41, 5.74) is 4.55. The first-order chi connectivity index (χ1) is 17.0. The van der Waals surface area contributed by atoms with Crippen LogP contribution in [0.5, 0.6) is 17.2 Å². The van der Waals surface area contributed by atoms with E-state index in [1.54, 1.807) is 54.6 Å². The zero-order valence-electron chi connectivity index (χ0n) is 19.4. The first-order valence-electron chi connectivity index (χ1n) is 10.9. The fourth-order valence-electron chi connectivity index (χ4n) is 3.00. The van der Waals surface area contributed by atoms with Crippen LogP contribution in [0.3, 0.4) is 0 Å². The summed E-state index contributed by atoms with van der Waals surface area (Å²) in [7, 11) is 1.53. The molecule has 182 valence electrons. The summed E-state index contributed by atoms with van der Waals surface area (Å²) >= 11 is 5.92. The number of nitrogens with zero attached hydrogens (tertiary/aromatic N) is 1. The summed E-state index contributed by atoms with van der Waals surface area (Å²) in [6.45, 7) is 2.69. The van der Waals surface area contributed by atoms with Gasteiger partial charge in [0.05, 0.1) is 19.9 Å². The number of carbonyl (C=O) groups is 2. The number of rotatable bonds is 11. The Hall–Kier alpha value is -4.04. The van der Waals surface area contributed by atoms with Crippen LogP contribution in [0.4, 0.5) is 5.69 Å². The van der Waals surface area contributed by atoms with Crippen molar-refractivity contribution < 1.29 is 23.8 Å². The Balaban J connectivity index is 1.53. The van der Waals surface area contributed by atoms with Gasteiger partial charge < -0.3 is 19.5 Å². The molecule has 35 heavy (non-hydrogen) atoms. The summed E-state index contributed by atoms with van der Waals surface area (Å²) in [6, 6.07) is 19.6. The van der Waals surface area contributed by atoms with Crippen molar-refractivity contribution in [3.63, 3.8) is 0 Å². The number of benzene rings is 3. The minimum Gasteiger partial charge on any atom is -0.497 e. The Morgan fingerprint density at radius 3 is 2.51 bits per heavy atom. The van der Waals surface area contributed by atoms with Gasteiger partial charge in [0.25, 0.3) is 0 Å². The normalized spacial score (nSPS) is 10.6. The van der Waals surface area contributed by atoms with Crippen molar-refractivity contribution in [3.05, 3.63) is 82.9 Å². The van der Waals surface area contributed by atoms with Gasteiger partial charge in [-0.15, -0.1) is 0 Å². The second-order valence-corrected chi connectivity index (χ2v) is 7.74. The van der Waals surface area contributed by atoms with Crippen molar-refractivity contribution in [3.8, 4) is 17.2 Å². The monoisotopic (exact) mass is 495 g/mol. The number of carbonyl (C=O) groups excluding carboxylic acids is 2. The van der Waals surface area contributed by atoms with E-state index in [-0.39, 0.29) is 6.42 Å². The molecule has 0 bridgehead atoms. The van der Waals surface area contributed by atoms with Crippen molar-refractivity contribution >= 4 is 35.3 Å². The van der Waals surface area contributed by atoms with E-state index in [4.69, 9.17) is 25.8 Å². The van der Waals surface area contributed by atoms with Crippen LogP contribution in [0.1, 0.15) is 24.5 Å². The molecule has 0 saturated carbocycles. The molecule has 0 aliphatic heterocycles. The highest BCUT2D eigenvalue weighted by atomic mass is 35.5. The van der Waals surface area contributed by atoms with Crippen LogP contribution in [0.15, 0.2) is 71.8 Å². The molecule has 0 aromatic heterocycles. The van der Waals surface area contributed by atoms with Gasteiger partial charge in [-0.3, -0.25) is 9.59 Å². The van der Waals surface area contributed by atoms with Gasteiger partial charge in [0.15, 0.2) is 11.5 Å². The lowest BCUT2D eigenvalue weighted by Crippen LogP contribution is -2.24. The van der Waals surface area contributed by atoms with E-state index in [0.29, 0.717) is 46.7 Å². The number of ether oxygens (including phenoxy) is 3. The van der Waals surface area contributed by atoms with Gasteiger partial charge in [-0.05, 0) is 60.5 Å². The van der Waals surface area contributed by atoms with Crippen LogP contribution < -0.4 is 25.0 Å². The van der Waals surface area contributed by atoms with Crippen molar-refractivity contribution in [1.82, 2.24) is 5.43 Å². The number of methoxy groups -OCH3 is 1. The van der Waals surface area contributed by atoms with Crippen molar-refractivity contribution in [2.24, 2.45) is 5.10 Å². The van der Waals surface area contributed by atoms with Crippen LogP contribution in [0.25, 0.3) is 0 Å². The molecule has 3 rings (SSSR count). The molecular weight excluding hydrogens is 470 g/mol. The van der Waals surface area contributed by atoms with Gasteiger partial charge in [0.2, 0.25) is 11.8 Å². The molecule has 9 heteroatoms. The molecule has 0 spiro atoms. The third-order valence-electron chi connectivity index (χ3n) is 4.65. The van der Waals surface area contributed by atoms with Crippen LogP contribution >= 0.6 is 11.6 Å². The molecule has 3 aromatic carbocycles. The molecule has 0 fully saturated rings. The van der Waals surface area contributed by atoms with Gasteiger partial charge in [0.1, 0.15) is 18.8 Å². The fourth-order valence-corrected chi connectivity index (χ4v) is 3.13. The molecule has 3 aromatic rings. The summed E-state index contributed by atoms with van der Waals surface area (Å²) in [6.07, 6.45) is 1.08. The Kier molecular flexibility index (Phi) is 9.50. The third-order valence-corrected chi connectivity index (χ3v) is 4.90. The Labute approximate surface area is 208 Å². The van der Waals surface area contributed by atoms with E-state index in [0.717, 1.165) is 5.56 Å². The maximum atomic E-state index is 12.1. The van der Waals surface area contributed by atoms with E-state index in [2.05, 4.69) is 15.8 Å². The second kappa shape index (κ2) is 13.0. The predicted molar refractivity (Wildman–Crippen MR) is 135 cm³/mol. The first-order valence-corrected chi connectivity index (χ1v) is 11.2. The molecule has 0 aliphatic rings. The number of nitrogens with one attached hydrogen (secondary N) is 2. The zero-order valence-corrected chi connectivity index (χ0v) is 20.2. The average molecular weight is 496 g/mol. The van der Waals surface area contributed by atoms with Crippen molar-refractivity contribution in [2.45, 2.75) is 20.0 Å². The molecule has 0 atom stereocenters. The summed E-state index contributed by atoms with van der Waals surface area (Å²) in [5.74, 6) is 0.720. The molecule has 0 radical (unpaired) electrons. The number of hydrogen-bond donors (Lipinski definition) is 2. The smallest absolute Gasteiger partial charge is 0.249 e. The molecule has 0 saturated heterocycles. The van der Waals surface area contributed by atoms with Crippen LogP contribution in [0, 0.1) is 0 Å². The van der Waals surface area contributed by atoms with E-state index in [1.807, 2.05) is 19.1 Å². The molecular formula is C26H26ClN3O5. The van der Waals surface area contributed by atoms with Crippen LogP contribution in [0.2, 0.25) is 5.02 Å². The second-order valence-electron chi connectivity index (χ2n) is 7.30. The van der Waals surface area contributed by atoms with Gasteiger partial charge in [-0.1, -0.05) is 29.8 Å². The Morgan fingerprint density at radius 1 is 0.971 bits per heavy atom. The van der Waals surface area contributed by atoms with Crippen LogP contribution in [-0.2, 0) is 16.2 Å². The lowest BCUT2D eigenvalue weighted by molar-refractivity contribution is -0.126. The number of halogens is 1. The Morgan fingerprint density at radius 2 is 1.77 bits per heavy atom. The summed E-state index contributed by atoms with van der Waals surface area (Å²) in [4.78, 5) is 24.1. The predicted octanol–water partition coefficient (Wildman–Crippen LogP) is 4.81. The molecule has 0 aliphatic carbocycles. The fraction of sp³-hybridized carbons (Fsp3) is 0.192. The maximum Gasteiger partial charge on any atom is 0.249 e. The minimum absolute atomic E-state index is 0.360. The molecule has 8 nitrogen and oxygen atoms in total. The highest BCUT2D eigenvalue weighted by Gasteiger charge is 2.10. The lowest BCUT2D eigenvalue weighted by atomic mass is 10.2. The SMILES string of the molecule is CCOc1cc(C=NNC(=O)CC(=O)Nc2cccc(OC)c2)ccc1OCc1ccc(Cl)cc1. The van der Waals surface area contributed by atoms with E-state index in [1.165, 1.54) is 13.3 Å². The highest BCUT2D eigenvalue weighted by molar-refractivity contribution is 6.30. The van der Waals surface area contributed by atoms with E-state index >= 15 is 0 Å². The van der Waals surface area contributed by atoms with Crippen molar-refractivity contribution in [2.75, 3.05) is 19.0 Å². The highest BCUT2D eigenvalue weighted by Crippen LogP contribution is 2.29. The first kappa shape index (κ1) is 25.6. The molecule has 0 unspecified atom stereocenters. The molecule has 2 amide bonds. The number of hydrogen-bond acceptors (Lipinski definition) is 6. The third kappa shape index (κ3) is 8.35. The minimum atomic E-state index is -0.547. The molecule has 2 N–H and O–H groups in total. The molecule has 0 heterocycles. The largest absolute Gasteiger partial charge is 0.497 e. The summed E-state index contributed by atoms with van der Waals surface area (Å²) in [5, 5.41) is 7.23. The van der Waals surface area contributed by atoms with Gasteiger partial charge in [-0.2, -0.15) is 5.10 Å². The Bertz CT molecular complexity index is 1180. The topological polar surface area (TPSA) is 98.2 Å². The van der Waals surface area contributed by atoms with Crippen molar-refractivity contribution in [1.29, 1.82) is 0 Å². The average Bonchev–Trinajstić information content (AvgIpc) is 2.84. The number of hydrazone groups is 1. The standard InChI is InChI=1S/C26H26ClN3O5/c1-3-34-24-13-19(9-12-23(24)35-17-18-7-10-20(27)11-8-18)16-28-30-26(32)15-25(31)29-21-5-4-6-22(14-21)33-2/h4-14,16H,3,15,17H2,1-2H3,(H,29,31)(H,30,32). The summed E-state index contributed by atoms with van der Waals surface area (Å²) < 4.78 is 16.7. The quantitative estimate of drug-likeness (QED) is 0.226.